The van der Waals surface area contributed by atoms with Crippen molar-refractivity contribution in [3.63, 3.8) is 0 Å². The molecule has 2 heteroatoms. The molecule has 17 heavy (non-hydrogen) atoms. The standard InChI is InChI=1S/C15H22BrCl/c1-3-6-12(2)9-13(11-16)10-14-7-4-5-8-15(14)17/h4-5,7-8,12-13H,3,6,9-11H2,1-2H3. The lowest BCUT2D eigenvalue weighted by Gasteiger charge is -2.19. The number of hydrogen-bond donors (Lipinski definition) is 0. The Bertz CT molecular complexity index is 324. The minimum atomic E-state index is 0.691. The molecule has 1 rings (SSSR count). The van der Waals surface area contributed by atoms with Crippen LogP contribution in [-0.2, 0) is 6.42 Å². The van der Waals surface area contributed by atoms with Crippen LogP contribution in [0.2, 0.25) is 5.02 Å². The zero-order chi connectivity index (χ0) is 12.7. The van der Waals surface area contributed by atoms with Crippen LogP contribution in [0.4, 0.5) is 0 Å². The van der Waals surface area contributed by atoms with E-state index in [1.165, 1.54) is 24.8 Å². The minimum absolute atomic E-state index is 0.691. The second kappa shape index (κ2) is 8.16. The van der Waals surface area contributed by atoms with Gasteiger partial charge in [-0.1, -0.05) is 72.4 Å². The Balaban J connectivity index is 2.55. The van der Waals surface area contributed by atoms with Gasteiger partial charge < -0.3 is 0 Å². The third-order valence-electron chi connectivity index (χ3n) is 3.20. The zero-order valence-corrected chi connectivity index (χ0v) is 13.1. The Morgan fingerprint density at radius 1 is 1.29 bits per heavy atom. The molecule has 0 aliphatic heterocycles. The van der Waals surface area contributed by atoms with Crippen molar-refractivity contribution in [1.29, 1.82) is 0 Å². The summed E-state index contributed by atoms with van der Waals surface area (Å²) in [6.45, 7) is 4.61. The molecule has 0 aliphatic rings. The first-order chi connectivity index (χ1) is 8.17. The molecule has 0 spiro atoms. The predicted octanol–water partition coefficient (Wildman–Crippen LogP) is 5.72. The first-order valence-electron chi connectivity index (χ1n) is 6.46. The summed E-state index contributed by atoms with van der Waals surface area (Å²) >= 11 is 9.84. The molecule has 0 N–H and O–H groups in total. The zero-order valence-electron chi connectivity index (χ0n) is 10.8. The number of rotatable bonds is 7. The number of alkyl halides is 1. The molecule has 0 saturated heterocycles. The molecule has 1 aromatic carbocycles. The summed E-state index contributed by atoms with van der Waals surface area (Å²) in [5.41, 5.74) is 1.28. The van der Waals surface area contributed by atoms with Crippen LogP contribution in [0, 0.1) is 11.8 Å². The number of halogens is 2. The first-order valence-corrected chi connectivity index (χ1v) is 7.96. The first kappa shape index (κ1) is 15.0. The molecule has 0 fully saturated rings. The maximum Gasteiger partial charge on any atom is 0.0438 e. The number of hydrogen-bond acceptors (Lipinski definition) is 0. The molecule has 0 nitrogen and oxygen atoms in total. The van der Waals surface area contributed by atoms with Crippen molar-refractivity contribution in [2.75, 3.05) is 5.33 Å². The summed E-state index contributed by atoms with van der Waals surface area (Å²) in [5.74, 6) is 1.50. The molecule has 0 amide bonds. The van der Waals surface area contributed by atoms with Gasteiger partial charge in [-0.25, -0.2) is 0 Å². The largest absolute Gasteiger partial charge is 0.0925 e. The predicted molar refractivity (Wildman–Crippen MR) is 81.1 cm³/mol. The van der Waals surface area contributed by atoms with Crippen molar-refractivity contribution in [1.82, 2.24) is 0 Å². The van der Waals surface area contributed by atoms with E-state index in [1.807, 2.05) is 12.1 Å². The highest BCUT2D eigenvalue weighted by molar-refractivity contribution is 9.09. The minimum Gasteiger partial charge on any atom is -0.0925 e. The lowest BCUT2D eigenvalue weighted by molar-refractivity contribution is 0.396. The maximum atomic E-state index is 6.21. The fourth-order valence-electron chi connectivity index (χ4n) is 2.36. The summed E-state index contributed by atoms with van der Waals surface area (Å²) in [6, 6.07) is 8.19. The van der Waals surface area contributed by atoms with Gasteiger partial charge >= 0.3 is 0 Å². The van der Waals surface area contributed by atoms with E-state index in [0.717, 1.165) is 22.7 Å². The second-order valence-corrected chi connectivity index (χ2v) is 6.00. The van der Waals surface area contributed by atoms with Crippen molar-refractivity contribution in [2.24, 2.45) is 11.8 Å². The van der Waals surface area contributed by atoms with Gasteiger partial charge in [0.2, 0.25) is 0 Å². The van der Waals surface area contributed by atoms with Gasteiger partial charge in [0.25, 0.3) is 0 Å². The fraction of sp³-hybridized carbons (Fsp3) is 0.600. The van der Waals surface area contributed by atoms with Crippen LogP contribution < -0.4 is 0 Å². The van der Waals surface area contributed by atoms with Gasteiger partial charge in [-0.15, -0.1) is 0 Å². The molecule has 1 aromatic rings. The lowest BCUT2D eigenvalue weighted by atomic mass is 9.89. The van der Waals surface area contributed by atoms with Gasteiger partial charge in [0.15, 0.2) is 0 Å². The van der Waals surface area contributed by atoms with Crippen LogP contribution in [0.1, 0.15) is 38.7 Å². The van der Waals surface area contributed by atoms with E-state index in [0.29, 0.717) is 5.92 Å². The highest BCUT2D eigenvalue weighted by atomic mass is 79.9. The SMILES string of the molecule is CCCC(C)CC(CBr)Cc1ccccc1Cl. The van der Waals surface area contributed by atoms with Crippen molar-refractivity contribution in [3.05, 3.63) is 34.9 Å². The Morgan fingerprint density at radius 2 is 2.00 bits per heavy atom. The van der Waals surface area contributed by atoms with Crippen LogP contribution in [0.5, 0.6) is 0 Å². The number of benzene rings is 1. The molecule has 0 bridgehead atoms. The van der Waals surface area contributed by atoms with Crippen molar-refractivity contribution in [2.45, 2.75) is 39.5 Å². The summed E-state index contributed by atoms with van der Waals surface area (Å²) in [5, 5.41) is 1.97. The average molecular weight is 318 g/mol. The Labute approximate surface area is 119 Å². The van der Waals surface area contributed by atoms with E-state index in [9.17, 15) is 0 Å². The van der Waals surface area contributed by atoms with Crippen LogP contribution in [0.3, 0.4) is 0 Å². The van der Waals surface area contributed by atoms with Crippen molar-refractivity contribution in [3.8, 4) is 0 Å². The molecule has 0 aromatic heterocycles. The van der Waals surface area contributed by atoms with E-state index in [2.05, 4.69) is 41.9 Å². The van der Waals surface area contributed by atoms with Gasteiger partial charge in [0.1, 0.15) is 0 Å². The topological polar surface area (TPSA) is 0 Å². The van der Waals surface area contributed by atoms with Crippen molar-refractivity contribution >= 4 is 27.5 Å². The van der Waals surface area contributed by atoms with Gasteiger partial charge in [0, 0.05) is 10.4 Å². The quantitative estimate of drug-likeness (QED) is 0.564. The van der Waals surface area contributed by atoms with E-state index >= 15 is 0 Å². The molecular weight excluding hydrogens is 296 g/mol. The molecule has 0 aliphatic carbocycles. The maximum absolute atomic E-state index is 6.21. The van der Waals surface area contributed by atoms with E-state index < -0.39 is 0 Å². The molecular formula is C15H22BrCl. The molecule has 0 heterocycles. The summed E-state index contributed by atoms with van der Waals surface area (Å²) in [6.07, 6.45) is 4.97. The summed E-state index contributed by atoms with van der Waals surface area (Å²) in [7, 11) is 0. The van der Waals surface area contributed by atoms with E-state index in [4.69, 9.17) is 11.6 Å². The fourth-order valence-corrected chi connectivity index (χ4v) is 3.06. The van der Waals surface area contributed by atoms with Gasteiger partial charge in [0.05, 0.1) is 0 Å². The third kappa shape index (κ3) is 5.44. The van der Waals surface area contributed by atoms with Crippen LogP contribution in [0.15, 0.2) is 24.3 Å². The van der Waals surface area contributed by atoms with Gasteiger partial charge in [-0.3, -0.25) is 0 Å². The smallest absolute Gasteiger partial charge is 0.0438 e. The monoisotopic (exact) mass is 316 g/mol. The molecule has 2 unspecified atom stereocenters. The van der Waals surface area contributed by atoms with E-state index in [1.54, 1.807) is 0 Å². The molecule has 96 valence electrons. The molecule has 0 saturated carbocycles. The van der Waals surface area contributed by atoms with Crippen molar-refractivity contribution < 1.29 is 0 Å². The normalized spacial score (nSPS) is 14.6. The summed E-state index contributed by atoms with van der Waals surface area (Å²) < 4.78 is 0. The Morgan fingerprint density at radius 3 is 2.59 bits per heavy atom. The lowest BCUT2D eigenvalue weighted by Crippen LogP contribution is -2.11. The molecule has 2 atom stereocenters. The van der Waals surface area contributed by atoms with Crippen LogP contribution >= 0.6 is 27.5 Å². The van der Waals surface area contributed by atoms with Gasteiger partial charge in [-0.2, -0.15) is 0 Å². The Kier molecular flexibility index (Phi) is 7.22. The highest BCUT2D eigenvalue weighted by Crippen LogP contribution is 2.25. The van der Waals surface area contributed by atoms with Crippen LogP contribution in [0.25, 0.3) is 0 Å². The van der Waals surface area contributed by atoms with Crippen LogP contribution in [-0.4, -0.2) is 5.33 Å². The highest BCUT2D eigenvalue weighted by Gasteiger charge is 2.13. The third-order valence-corrected chi connectivity index (χ3v) is 4.49. The second-order valence-electron chi connectivity index (χ2n) is 4.95. The Hall–Kier alpha value is -0.0100. The molecule has 0 radical (unpaired) electrons. The average Bonchev–Trinajstić information content (AvgIpc) is 2.31. The summed E-state index contributed by atoms with van der Waals surface area (Å²) in [4.78, 5) is 0. The van der Waals surface area contributed by atoms with Gasteiger partial charge in [-0.05, 0) is 36.3 Å². The van der Waals surface area contributed by atoms with E-state index in [-0.39, 0.29) is 0 Å².